The van der Waals surface area contributed by atoms with Gasteiger partial charge in [0.25, 0.3) is 6.08 Å². The number of carboxylic acid groups (broad SMARTS) is 1. The number of hydrogen-bond donors (Lipinski definition) is 2. The van der Waals surface area contributed by atoms with Crippen molar-refractivity contribution in [3.63, 3.8) is 0 Å². The average molecular weight is 429 g/mol. The first-order valence-electron chi connectivity index (χ1n) is 7.84. The van der Waals surface area contributed by atoms with Gasteiger partial charge in [-0.25, -0.2) is 14.6 Å². The minimum atomic E-state index is -1.10. The number of benzene rings is 2. The van der Waals surface area contributed by atoms with Gasteiger partial charge in [0.05, 0.1) is 5.69 Å². The van der Waals surface area contributed by atoms with Gasteiger partial charge in [-0.3, -0.25) is 0 Å². The van der Waals surface area contributed by atoms with E-state index in [1.807, 2.05) is 24.3 Å². The van der Waals surface area contributed by atoms with Crippen LogP contribution in [0.1, 0.15) is 29.0 Å². The molecule has 0 amide bonds. The molecule has 1 aliphatic heterocycles. The second-order valence-corrected chi connectivity index (χ2v) is 6.79. The first-order valence-corrected chi connectivity index (χ1v) is 8.59. The van der Waals surface area contributed by atoms with Gasteiger partial charge in [0.2, 0.25) is 0 Å². The van der Waals surface area contributed by atoms with E-state index in [0.29, 0.717) is 27.8 Å². The molecule has 0 saturated heterocycles. The van der Waals surface area contributed by atoms with Crippen LogP contribution in [0.25, 0.3) is 0 Å². The van der Waals surface area contributed by atoms with E-state index in [9.17, 15) is 14.7 Å². The Bertz CT molecular complexity index is 899. The lowest BCUT2D eigenvalue weighted by molar-refractivity contribution is -0.139. The van der Waals surface area contributed by atoms with E-state index >= 15 is 0 Å². The first kappa shape index (κ1) is 21.2. The maximum absolute atomic E-state index is 11.8. The Hall–Kier alpha value is -2.08. The average Bonchev–Trinajstić information content (AvgIpc) is 2.62. The number of carbonyl (C=O) groups excluding carboxylic acids is 1. The summed E-state index contributed by atoms with van der Waals surface area (Å²) in [5, 5.41) is 15.0. The van der Waals surface area contributed by atoms with Crippen molar-refractivity contribution in [1.82, 2.24) is 0 Å². The standard InChI is InChI=1S/C18H15Cl2N3O3.ClH/c19-12-5-14(20)17-13(11-3-1-10(8-21)2-4-11)7-16(18(25)26)23(22-9-24)15(17)6-12;/h1-6,13,16H,7-8,21H2,(H,25,26);1H/t13-,16-;/m1./s1. The number of isocyanates is 1. The van der Waals surface area contributed by atoms with Crippen LogP contribution in [0.15, 0.2) is 41.5 Å². The molecule has 0 aromatic heterocycles. The number of anilines is 1. The van der Waals surface area contributed by atoms with Crippen LogP contribution in [-0.2, 0) is 16.1 Å². The van der Waals surface area contributed by atoms with Gasteiger partial charge in [-0.15, -0.1) is 12.4 Å². The van der Waals surface area contributed by atoms with Gasteiger partial charge in [0, 0.05) is 28.1 Å². The Kier molecular flexibility index (Phi) is 6.87. The van der Waals surface area contributed by atoms with Crippen molar-refractivity contribution in [2.24, 2.45) is 10.8 Å². The molecule has 1 heterocycles. The zero-order chi connectivity index (χ0) is 18.8. The number of carboxylic acids is 1. The van der Waals surface area contributed by atoms with E-state index in [0.717, 1.165) is 16.1 Å². The Morgan fingerprint density at radius 3 is 2.52 bits per heavy atom. The molecular weight excluding hydrogens is 413 g/mol. The van der Waals surface area contributed by atoms with Gasteiger partial charge in [0.15, 0.2) is 6.04 Å². The summed E-state index contributed by atoms with van der Waals surface area (Å²) in [4.78, 5) is 22.6. The highest BCUT2D eigenvalue weighted by Crippen LogP contribution is 2.47. The number of carbonyl (C=O) groups is 1. The SMILES string of the molecule is Cl.NCc1ccc([C@H]2C[C@H](C(=O)O)N(N=C=O)c3cc(Cl)cc(Cl)c32)cc1. The predicted molar refractivity (Wildman–Crippen MR) is 107 cm³/mol. The molecule has 2 aromatic rings. The van der Waals surface area contributed by atoms with Crippen LogP contribution in [-0.4, -0.2) is 23.2 Å². The molecule has 0 spiro atoms. The molecular formula is C18H16Cl3N3O3. The molecule has 27 heavy (non-hydrogen) atoms. The number of nitrogens with zero attached hydrogens (tertiary/aromatic N) is 2. The zero-order valence-corrected chi connectivity index (χ0v) is 16.3. The fraction of sp³-hybridized carbons (Fsp3) is 0.222. The molecule has 6 nitrogen and oxygen atoms in total. The summed E-state index contributed by atoms with van der Waals surface area (Å²) in [6, 6.07) is 9.69. The molecule has 1 aliphatic rings. The molecule has 0 saturated carbocycles. The summed E-state index contributed by atoms with van der Waals surface area (Å²) in [5.74, 6) is -1.39. The molecule has 0 unspecified atom stereocenters. The van der Waals surface area contributed by atoms with Crippen molar-refractivity contribution >= 4 is 53.3 Å². The van der Waals surface area contributed by atoms with Crippen LogP contribution >= 0.6 is 35.6 Å². The molecule has 3 N–H and O–H groups in total. The quantitative estimate of drug-likeness (QED) is 0.568. The molecule has 0 radical (unpaired) electrons. The second-order valence-electron chi connectivity index (χ2n) is 5.94. The van der Waals surface area contributed by atoms with Crippen LogP contribution in [0.4, 0.5) is 5.69 Å². The van der Waals surface area contributed by atoms with Gasteiger partial charge in [0.1, 0.15) is 0 Å². The Balaban J connectivity index is 0.00000261. The fourth-order valence-corrected chi connectivity index (χ4v) is 3.89. The molecule has 0 fully saturated rings. The lowest BCUT2D eigenvalue weighted by Crippen LogP contribution is -2.43. The number of fused-ring (bicyclic) bond motifs is 1. The van der Waals surface area contributed by atoms with Crippen LogP contribution in [0.3, 0.4) is 0 Å². The summed E-state index contributed by atoms with van der Waals surface area (Å²) < 4.78 is 0. The topological polar surface area (TPSA) is 96.0 Å². The second kappa shape index (κ2) is 8.74. The van der Waals surface area contributed by atoms with Crippen molar-refractivity contribution in [3.8, 4) is 0 Å². The molecule has 142 valence electrons. The Morgan fingerprint density at radius 1 is 1.30 bits per heavy atom. The van der Waals surface area contributed by atoms with E-state index in [-0.39, 0.29) is 24.7 Å². The van der Waals surface area contributed by atoms with Crippen LogP contribution < -0.4 is 10.7 Å². The van der Waals surface area contributed by atoms with Gasteiger partial charge in [-0.1, -0.05) is 52.6 Å². The highest BCUT2D eigenvalue weighted by atomic mass is 35.5. The van der Waals surface area contributed by atoms with Crippen molar-refractivity contribution in [3.05, 3.63) is 63.1 Å². The van der Waals surface area contributed by atoms with Gasteiger partial charge >= 0.3 is 5.97 Å². The van der Waals surface area contributed by atoms with Crippen molar-refractivity contribution < 1.29 is 14.7 Å². The third-order valence-corrected chi connectivity index (χ3v) is 5.00. The van der Waals surface area contributed by atoms with E-state index in [1.54, 1.807) is 12.1 Å². The molecule has 0 bridgehead atoms. The highest BCUT2D eigenvalue weighted by Gasteiger charge is 2.39. The van der Waals surface area contributed by atoms with E-state index in [2.05, 4.69) is 5.10 Å². The van der Waals surface area contributed by atoms with Crippen LogP contribution in [0.5, 0.6) is 0 Å². The number of aliphatic carboxylic acids is 1. The third kappa shape index (κ3) is 4.10. The Morgan fingerprint density at radius 2 is 1.96 bits per heavy atom. The number of nitrogens with two attached hydrogens (primary N) is 1. The van der Waals surface area contributed by atoms with Crippen molar-refractivity contribution in [1.29, 1.82) is 0 Å². The molecule has 9 heteroatoms. The number of hydrogen-bond acceptors (Lipinski definition) is 5. The van der Waals surface area contributed by atoms with Crippen molar-refractivity contribution in [2.45, 2.75) is 24.9 Å². The van der Waals surface area contributed by atoms with E-state index < -0.39 is 12.0 Å². The van der Waals surface area contributed by atoms with Gasteiger partial charge < -0.3 is 10.8 Å². The minimum Gasteiger partial charge on any atom is -0.480 e. The van der Waals surface area contributed by atoms with Gasteiger partial charge in [-0.2, -0.15) is 0 Å². The largest absolute Gasteiger partial charge is 0.480 e. The monoisotopic (exact) mass is 427 g/mol. The lowest BCUT2D eigenvalue weighted by atomic mass is 9.81. The number of hydrazone groups is 1. The summed E-state index contributed by atoms with van der Waals surface area (Å²) in [6.45, 7) is 0.414. The zero-order valence-electron chi connectivity index (χ0n) is 13.9. The molecule has 3 rings (SSSR count). The predicted octanol–water partition coefficient (Wildman–Crippen LogP) is 3.92. The first-order chi connectivity index (χ1) is 12.5. The van der Waals surface area contributed by atoms with Crippen LogP contribution in [0.2, 0.25) is 10.0 Å². The van der Waals surface area contributed by atoms with E-state index in [4.69, 9.17) is 28.9 Å². The molecule has 2 aromatic carbocycles. The van der Waals surface area contributed by atoms with Gasteiger partial charge in [-0.05, 0) is 29.7 Å². The molecule has 2 atom stereocenters. The summed E-state index contributed by atoms with van der Waals surface area (Å²) >= 11 is 12.5. The maximum Gasteiger partial charge on any atom is 0.328 e. The minimum absolute atomic E-state index is 0. The number of rotatable bonds is 4. The lowest BCUT2D eigenvalue weighted by Gasteiger charge is -2.37. The maximum atomic E-state index is 11.8. The van der Waals surface area contributed by atoms with E-state index in [1.165, 1.54) is 6.08 Å². The fourth-order valence-electron chi connectivity index (χ4n) is 3.28. The highest BCUT2D eigenvalue weighted by molar-refractivity contribution is 6.35. The summed E-state index contributed by atoms with van der Waals surface area (Å²) in [5.41, 5.74) is 8.56. The summed E-state index contributed by atoms with van der Waals surface area (Å²) in [7, 11) is 0. The Labute approximate surface area is 172 Å². The van der Waals surface area contributed by atoms with Crippen LogP contribution in [0, 0.1) is 0 Å². The number of halogens is 3. The van der Waals surface area contributed by atoms with Crippen molar-refractivity contribution in [2.75, 3.05) is 5.01 Å². The third-order valence-electron chi connectivity index (χ3n) is 4.47. The summed E-state index contributed by atoms with van der Waals surface area (Å²) in [6.07, 6.45) is 1.60. The molecule has 0 aliphatic carbocycles. The normalized spacial score (nSPS) is 18.1. The smallest absolute Gasteiger partial charge is 0.328 e.